The first-order valence-corrected chi connectivity index (χ1v) is 5.94. The molecule has 1 atom stereocenters. The van der Waals surface area contributed by atoms with E-state index in [1.54, 1.807) is 0 Å². The van der Waals surface area contributed by atoms with Gasteiger partial charge in [-0.1, -0.05) is 17.3 Å². The molecular weight excluding hydrogens is 271 g/mol. The van der Waals surface area contributed by atoms with Gasteiger partial charge >= 0.3 is 12.1 Å². The Labute approximate surface area is 113 Å². The van der Waals surface area contributed by atoms with E-state index in [4.69, 9.17) is 5.73 Å². The van der Waals surface area contributed by atoms with Crippen LogP contribution in [0.2, 0.25) is 0 Å². The van der Waals surface area contributed by atoms with Crippen LogP contribution >= 0.6 is 0 Å². The number of alkyl halides is 3. The number of halogens is 3. The van der Waals surface area contributed by atoms with Crippen molar-refractivity contribution in [3.63, 3.8) is 0 Å². The zero-order valence-corrected chi connectivity index (χ0v) is 11.2. The first-order valence-electron chi connectivity index (χ1n) is 5.94. The van der Waals surface area contributed by atoms with Crippen LogP contribution in [0.4, 0.5) is 13.2 Å². The van der Waals surface area contributed by atoms with Gasteiger partial charge in [-0.15, -0.1) is 0 Å². The number of hydrogen-bond donors (Lipinski definition) is 1. The lowest BCUT2D eigenvalue weighted by Gasteiger charge is -2.13. The van der Waals surface area contributed by atoms with Crippen LogP contribution < -0.4 is 5.73 Å². The molecule has 2 rings (SSSR count). The zero-order chi connectivity index (χ0) is 15.1. The second kappa shape index (κ2) is 4.90. The predicted octanol–water partition coefficient (Wildman–Crippen LogP) is 3.06. The van der Waals surface area contributed by atoms with Crippen molar-refractivity contribution in [3.05, 3.63) is 46.1 Å². The highest BCUT2D eigenvalue weighted by atomic mass is 19.4. The average molecular weight is 285 g/mol. The van der Waals surface area contributed by atoms with Crippen molar-refractivity contribution in [1.82, 2.24) is 10.1 Å². The number of rotatable bonds is 2. The summed E-state index contributed by atoms with van der Waals surface area (Å²) in [6.07, 6.45) is -4.66. The molecule has 0 saturated carbocycles. The maximum Gasteiger partial charge on any atom is 0.471 e. The molecule has 0 amide bonds. The third-order valence-corrected chi connectivity index (χ3v) is 3.18. The lowest BCUT2D eigenvalue weighted by molar-refractivity contribution is -0.159. The van der Waals surface area contributed by atoms with Crippen LogP contribution in [0.25, 0.3) is 0 Å². The van der Waals surface area contributed by atoms with Crippen molar-refractivity contribution in [1.29, 1.82) is 0 Å². The number of aromatic nitrogens is 2. The standard InChI is InChI=1S/C13H14F3N3O/c1-6-4-8(3)9(5-7(6)2)10(17)11-18-12(20-19-11)13(14,15)16/h4-5,10H,17H2,1-3H3. The Morgan fingerprint density at radius 3 is 2.25 bits per heavy atom. The minimum absolute atomic E-state index is 0.177. The molecule has 4 nitrogen and oxygen atoms in total. The summed E-state index contributed by atoms with van der Waals surface area (Å²) in [5, 5.41) is 3.32. The molecular formula is C13H14F3N3O. The normalized spacial score (nSPS) is 13.6. The summed E-state index contributed by atoms with van der Waals surface area (Å²) in [4.78, 5) is 3.32. The van der Waals surface area contributed by atoms with E-state index in [1.807, 2.05) is 32.9 Å². The molecule has 0 aliphatic rings. The van der Waals surface area contributed by atoms with Crippen molar-refractivity contribution in [2.75, 3.05) is 0 Å². The monoisotopic (exact) mass is 285 g/mol. The largest absolute Gasteiger partial charge is 0.471 e. The van der Waals surface area contributed by atoms with E-state index in [0.717, 1.165) is 16.7 Å². The summed E-state index contributed by atoms with van der Waals surface area (Å²) in [5.41, 5.74) is 9.58. The molecule has 20 heavy (non-hydrogen) atoms. The van der Waals surface area contributed by atoms with Gasteiger partial charge in [0.25, 0.3) is 0 Å². The summed E-state index contributed by atoms with van der Waals surface area (Å²) in [6, 6.07) is 2.91. The number of aryl methyl sites for hydroxylation is 3. The minimum Gasteiger partial charge on any atom is -0.329 e. The quantitative estimate of drug-likeness (QED) is 0.921. The van der Waals surface area contributed by atoms with Crippen molar-refractivity contribution in [2.24, 2.45) is 5.73 Å². The maximum absolute atomic E-state index is 12.4. The molecule has 1 aromatic carbocycles. The van der Waals surface area contributed by atoms with Crippen LogP contribution in [0.5, 0.6) is 0 Å². The Hall–Kier alpha value is -1.89. The number of hydrogen-bond acceptors (Lipinski definition) is 4. The van der Waals surface area contributed by atoms with Gasteiger partial charge in [-0.3, -0.25) is 0 Å². The molecule has 0 aliphatic carbocycles. The molecule has 108 valence electrons. The van der Waals surface area contributed by atoms with Gasteiger partial charge in [0.05, 0.1) is 6.04 Å². The second-order valence-electron chi connectivity index (χ2n) is 4.73. The molecule has 1 heterocycles. The van der Waals surface area contributed by atoms with E-state index < -0.39 is 18.1 Å². The summed E-state index contributed by atoms with van der Waals surface area (Å²) in [6.45, 7) is 5.70. The van der Waals surface area contributed by atoms with Gasteiger partial charge in [-0.05, 0) is 43.0 Å². The first kappa shape index (κ1) is 14.5. The Bertz CT molecular complexity index is 634. The van der Waals surface area contributed by atoms with Crippen molar-refractivity contribution >= 4 is 0 Å². The Morgan fingerprint density at radius 1 is 1.10 bits per heavy atom. The van der Waals surface area contributed by atoms with Gasteiger partial charge in [-0.25, -0.2) is 0 Å². The van der Waals surface area contributed by atoms with Crippen molar-refractivity contribution < 1.29 is 17.7 Å². The van der Waals surface area contributed by atoms with Gasteiger partial charge in [0.15, 0.2) is 5.82 Å². The highest BCUT2D eigenvalue weighted by molar-refractivity contribution is 5.39. The SMILES string of the molecule is Cc1cc(C)c(C(N)c2noc(C(F)(F)F)n2)cc1C. The smallest absolute Gasteiger partial charge is 0.329 e. The minimum atomic E-state index is -4.66. The second-order valence-corrected chi connectivity index (χ2v) is 4.73. The Balaban J connectivity index is 2.39. The molecule has 2 aromatic rings. The van der Waals surface area contributed by atoms with Crippen molar-refractivity contribution in [3.8, 4) is 0 Å². The average Bonchev–Trinajstić information content (AvgIpc) is 2.82. The topological polar surface area (TPSA) is 64.9 Å². The number of nitrogens with zero attached hydrogens (tertiary/aromatic N) is 2. The van der Waals surface area contributed by atoms with E-state index in [1.165, 1.54) is 0 Å². The van der Waals surface area contributed by atoms with Gasteiger partial charge in [0, 0.05) is 0 Å². The molecule has 0 spiro atoms. The highest BCUT2D eigenvalue weighted by Gasteiger charge is 2.39. The molecule has 0 aliphatic heterocycles. The van der Waals surface area contributed by atoms with Crippen LogP contribution in [-0.2, 0) is 6.18 Å². The molecule has 0 bridgehead atoms. The highest BCUT2D eigenvalue weighted by Crippen LogP contribution is 2.30. The van der Waals surface area contributed by atoms with E-state index in [2.05, 4.69) is 14.7 Å². The summed E-state index contributed by atoms with van der Waals surface area (Å²) < 4.78 is 41.5. The van der Waals surface area contributed by atoms with E-state index in [0.29, 0.717) is 5.56 Å². The van der Waals surface area contributed by atoms with Crippen LogP contribution in [0.3, 0.4) is 0 Å². The fraction of sp³-hybridized carbons (Fsp3) is 0.385. The Kier molecular flexibility index (Phi) is 3.56. The van der Waals surface area contributed by atoms with Crippen molar-refractivity contribution in [2.45, 2.75) is 33.0 Å². The summed E-state index contributed by atoms with van der Waals surface area (Å²) in [5.74, 6) is -1.56. The van der Waals surface area contributed by atoms with Gasteiger partial charge in [0.2, 0.25) is 0 Å². The third kappa shape index (κ3) is 2.67. The molecule has 1 unspecified atom stereocenters. The van der Waals surface area contributed by atoms with E-state index in [9.17, 15) is 13.2 Å². The first-order chi connectivity index (χ1) is 9.20. The van der Waals surface area contributed by atoms with Gasteiger partial charge < -0.3 is 10.3 Å². The molecule has 1 aromatic heterocycles. The molecule has 2 N–H and O–H groups in total. The fourth-order valence-electron chi connectivity index (χ4n) is 1.93. The lowest BCUT2D eigenvalue weighted by atomic mass is 9.96. The van der Waals surface area contributed by atoms with E-state index >= 15 is 0 Å². The van der Waals surface area contributed by atoms with Crippen LogP contribution in [-0.4, -0.2) is 10.1 Å². The lowest BCUT2D eigenvalue weighted by Crippen LogP contribution is -2.16. The Morgan fingerprint density at radius 2 is 1.70 bits per heavy atom. The van der Waals surface area contributed by atoms with Gasteiger partial charge in [-0.2, -0.15) is 18.2 Å². The molecule has 7 heteroatoms. The van der Waals surface area contributed by atoms with E-state index in [-0.39, 0.29) is 5.82 Å². The summed E-state index contributed by atoms with van der Waals surface area (Å²) >= 11 is 0. The third-order valence-electron chi connectivity index (χ3n) is 3.18. The predicted molar refractivity (Wildman–Crippen MR) is 66.0 cm³/mol. The number of benzene rings is 1. The molecule has 0 radical (unpaired) electrons. The van der Waals surface area contributed by atoms with Crippen LogP contribution in [0.1, 0.15) is 40.0 Å². The van der Waals surface area contributed by atoms with Crippen LogP contribution in [0.15, 0.2) is 16.7 Å². The number of nitrogens with two attached hydrogens (primary N) is 1. The van der Waals surface area contributed by atoms with Gasteiger partial charge in [0.1, 0.15) is 0 Å². The summed E-state index contributed by atoms with van der Waals surface area (Å²) in [7, 11) is 0. The maximum atomic E-state index is 12.4. The zero-order valence-electron chi connectivity index (χ0n) is 11.2. The molecule has 0 fully saturated rings. The fourth-order valence-corrected chi connectivity index (χ4v) is 1.93. The molecule has 0 saturated heterocycles. The van der Waals surface area contributed by atoms with Crippen LogP contribution in [0, 0.1) is 20.8 Å².